The predicted molar refractivity (Wildman–Crippen MR) is 66.1 cm³/mol. The van der Waals surface area contributed by atoms with Crippen LogP contribution in [-0.2, 0) is 0 Å². The summed E-state index contributed by atoms with van der Waals surface area (Å²) in [5.41, 5.74) is 1.35. The molecule has 2 aromatic rings. The third-order valence-corrected chi connectivity index (χ3v) is 2.18. The van der Waals surface area contributed by atoms with Crippen molar-refractivity contribution in [1.82, 2.24) is 9.97 Å². The van der Waals surface area contributed by atoms with E-state index in [9.17, 15) is 4.79 Å². The molecular weight excluding hydrogens is 216 g/mol. The first kappa shape index (κ1) is 11.4. The van der Waals surface area contributed by atoms with E-state index in [-0.39, 0.29) is 11.7 Å². The Balaban J connectivity index is 2.36. The van der Waals surface area contributed by atoms with Gasteiger partial charge in [-0.25, -0.2) is 4.98 Å². The van der Waals surface area contributed by atoms with Gasteiger partial charge in [-0.05, 0) is 26.0 Å². The molecular formula is C13H14N2O2. The molecule has 17 heavy (non-hydrogen) atoms. The molecule has 0 amide bonds. The van der Waals surface area contributed by atoms with Crippen molar-refractivity contribution in [2.45, 2.75) is 20.0 Å². The van der Waals surface area contributed by atoms with E-state index in [1.54, 1.807) is 0 Å². The van der Waals surface area contributed by atoms with Crippen molar-refractivity contribution in [2.24, 2.45) is 0 Å². The van der Waals surface area contributed by atoms with Crippen molar-refractivity contribution in [3.8, 4) is 17.0 Å². The number of nitrogens with zero attached hydrogens (tertiary/aromatic N) is 1. The van der Waals surface area contributed by atoms with Gasteiger partial charge in [-0.3, -0.25) is 4.79 Å². The summed E-state index contributed by atoms with van der Waals surface area (Å²) in [4.78, 5) is 17.8. The zero-order valence-electron chi connectivity index (χ0n) is 9.81. The largest absolute Gasteiger partial charge is 0.491 e. The minimum Gasteiger partial charge on any atom is -0.491 e. The second kappa shape index (κ2) is 4.82. The number of ether oxygens (including phenoxy) is 1. The van der Waals surface area contributed by atoms with Crippen LogP contribution in [0.15, 0.2) is 41.5 Å². The Morgan fingerprint density at radius 2 is 2.12 bits per heavy atom. The first-order valence-corrected chi connectivity index (χ1v) is 5.47. The summed E-state index contributed by atoms with van der Waals surface area (Å²) in [6, 6.07) is 9.01. The molecule has 0 saturated heterocycles. The maximum Gasteiger partial charge on any atom is 0.251 e. The number of H-pyrrole nitrogens is 1. The molecule has 0 spiro atoms. The fourth-order valence-corrected chi connectivity index (χ4v) is 1.53. The highest BCUT2D eigenvalue weighted by atomic mass is 16.5. The van der Waals surface area contributed by atoms with Crippen LogP contribution in [0.25, 0.3) is 11.3 Å². The third-order valence-electron chi connectivity index (χ3n) is 2.18. The van der Waals surface area contributed by atoms with Crippen molar-refractivity contribution < 1.29 is 4.74 Å². The fourth-order valence-electron chi connectivity index (χ4n) is 1.53. The lowest BCUT2D eigenvalue weighted by molar-refractivity contribution is 0.242. The lowest BCUT2D eigenvalue weighted by atomic mass is 10.1. The van der Waals surface area contributed by atoms with Crippen molar-refractivity contribution in [3.63, 3.8) is 0 Å². The normalized spacial score (nSPS) is 10.5. The zero-order chi connectivity index (χ0) is 12.3. The van der Waals surface area contributed by atoms with E-state index in [1.165, 1.54) is 12.4 Å². The smallest absolute Gasteiger partial charge is 0.251 e. The van der Waals surface area contributed by atoms with E-state index < -0.39 is 0 Å². The number of hydrogen-bond acceptors (Lipinski definition) is 3. The highest BCUT2D eigenvalue weighted by molar-refractivity contribution is 5.60. The Hall–Kier alpha value is -2.10. The van der Waals surface area contributed by atoms with Gasteiger partial charge in [-0.15, -0.1) is 0 Å². The van der Waals surface area contributed by atoms with Crippen LogP contribution in [-0.4, -0.2) is 16.1 Å². The number of benzene rings is 1. The number of aromatic nitrogens is 2. The van der Waals surface area contributed by atoms with Crippen LogP contribution < -0.4 is 10.3 Å². The number of aromatic amines is 1. The molecule has 1 heterocycles. The summed E-state index contributed by atoms with van der Waals surface area (Å²) in [6.45, 7) is 3.94. The van der Waals surface area contributed by atoms with Gasteiger partial charge in [0.05, 0.1) is 18.1 Å². The molecule has 0 unspecified atom stereocenters. The van der Waals surface area contributed by atoms with Gasteiger partial charge in [-0.1, -0.05) is 12.1 Å². The van der Waals surface area contributed by atoms with Crippen molar-refractivity contribution in [1.29, 1.82) is 0 Å². The van der Waals surface area contributed by atoms with E-state index in [2.05, 4.69) is 9.97 Å². The first-order valence-electron chi connectivity index (χ1n) is 5.47. The molecule has 4 heteroatoms. The Kier molecular flexibility index (Phi) is 3.23. The average Bonchev–Trinajstić information content (AvgIpc) is 2.28. The van der Waals surface area contributed by atoms with Crippen LogP contribution in [0, 0.1) is 0 Å². The fraction of sp³-hybridized carbons (Fsp3) is 0.231. The predicted octanol–water partition coefficient (Wildman–Crippen LogP) is 2.22. The Morgan fingerprint density at radius 3 is 2.82 bits per heavy atom. The molecule has 0 aliphatic rings. The minimum absolute atomic E-state index is 0.123. The molecule has 0 aliphatic heterocycles. The van der Waals surface area contributed by atoms with E-state index >= 15 is 0 Å². The molecule has 0 bridgehead atoms. The average molecular weight is 230 g/mol. The minimum atomic E-state index is -0.162. The molecule has 0 radical (unpaired) electrons. The van der Waals surface area contributed by atoms with Crippen LogP contribution >= 0.6 is 0 Å². The molecule has 88 valence electrons. The van der Waals surface area contributed by atoms with Crippen molar-refractivity contribution >= 4 is 0 Å². The van der Waals surface area contributed by atoms with Gasteiger partial charge in [-0.2, -0.15) is 0 Å². The molecule has 0 aliphatic carbocycles. The lowest BCUT2D eigenvalue weighted by Crippen LogP contribution is -2.06. The molecule has 1 aromatic carbocycles. The number of hydrogen-bond donors (Lipinski definition) is 1. The topological polar surface area (TPSA) is 55.0 Å². The van der Waals surface area contributed by atoms with E-state index in [0.717, 1.165) is 11.3 Å². The molecule has 1 aromatic heterocycles. The number of rotatable bonds is 3. The van der Waals surface area contributed by atoms with E-state index in [4.69, 9.17) is 4.74 Å². The number of nitrogens with one attached hydrogen (secondary N) is 1. The second-order valence-electron chi connectivity index (χ2n) is 3.99. The molecule has 4 nitrogen and oxygen atoms in total. The first-order chi connectivity index (χ1) is 8.15. The van der Waals surface area contributed by atoms with Crippen LogP contribution in [0.5, 0.6) is 5.75 Å². The summed E-state index contributed by atoms with van der Waals surface area (Å²) in [7, 11) is 0. The van der Waals surface area contributed by atoms with Crippen molar-refractivity contribution in [2.75, 3.05) is 0 Å². The molecule has 0 saturated carbocycles. The van der Waals surface area contributed by atoms with Gasteiger partial charge in [0.15, 0.2) is 0 Å². The molecule has 2 rings (SSSR count). The Bertz CT molecular complexity index is 561. The van der Waals surface area contributed by atoms with Crippen LogP contribution in [0.4, 0.5) is 0 Å². The third kappa shape index (κ3) is 2.93. The highest BCUT2D eigenvalue weighted by Gasteiger charge is 2.03. The zero-order valence-corrected chi connectivity index (χ0v) is 9.81. The lowest BCUT2D eigenvalue weighted by Gasteiger charge is -2.10. The van der Waals surface area contributed by atoms with Gasteiger partial charge >= 0.3 is 0 Å². The summed E-state index contributed by atoms with van der Waals surface area (Å²) in [6.07, 6.45) is 1.52. The van der Waals surface area contributed by atoms with E-state index in [1.807, 2.05) is 38.1 Å². The van der Waals surface area contributed by atoms with Gasteiger partial charge in [0.25, 0.3) is 5.56 Å². The molecule has 0 atom stereocenters. The van der Waals surface area contributed by atoms with Gasteiger partial charge in [0, 0.05) is 11.6 Å². The second-order valence-corrected chi connectivity index (χ2v) is 3.99. The standard InChI is InChI=1S/C13H14N2O2/c1-9(2)17-11-5-3-4-10(6-11)12-7-13(16)15-8-14-12/h3-9H,1-2H3,(H,14,15,16). The Morgan fingerprint density at radius 1 is 1.29 bits per heavy atom. The summed E-state index contributed by atoms with van der Waals surface area (Å²) >= 11 is 0. The molecule has 0 fully saturated rings. The van der Waals surface area contributed by atoms with Crippen LogP contribution in [0.3, 0.4) is 0 Å². The van der Waals surface area contributed by atoms with E-state index in [0.29, 0.717) is 5.69 Å². The summed E-state index contributed by atoms with van der Waals surface area (Å²) < 4.78 is 5.59. The van der Waals surface area contributed by atoms with Gasteiger partial charge < -0.3 is 9.72 Å². The molecule has 1 N–H and O–H groups in total. The highest BCUT2D eigenvalue weighted by Crippen LogP contribution is 2.21. The monoisotopic (exact) mass is 230 g/mol. The van der Waals surface area contributed by atoms with Crippen LogP contribution in [0.1, 0.15) is 13.8 Å². The SMILES string of the molecule is CC(C)Oc1cccc(-c2cc(=O)[nH]cn2)c1. The quantitative estimate of drug-likeness (QED) is 0.879. The summed E-state index contributed by atoms with van der Waals surface area (Å²) in [5.74, 6) is 0.777. The van der Waals surface area contributed by atoms with Crippen LogP contribution in [0.2, 0.25) is 0 Å². The maximum atomic E-state index is 11.2. The summed E-state index contributed by atoms with van der Waals surface area (Å²) in [5, 5.41) is 0. The Labute approximate surface area is 99.3 Å². The van der Waals surface area contributed by atoms with Gasteiger partial charge in [0.1, 0.15) is 5.75 Å². The maximum absolute atomic E-state index is 11.2. The van der Waals surface area contributed by atoms with Gasteiger partial charge in [0.2, 0.25) is 0 Å². The van der Waals surface area contributed by atoms with Crippen molar-refractivity contribution in [3.05, 3.63) is 47.0 Å².